The van der Waals surface area contributed by atoms with E-state index in [-0.39, 0.29) is 16.8 Å². The fourth-order valence-corrected chi connectivity index (χ4v) is 3.70. The molecule has 3 aromatic rings. The van der Waals surface area contributed by atoms with Crippen molar-refractivity contribution in [3.8, 4) is 0 Å². The highest BCUT2D eigenvalue weighted by Gasteiger charge is 2.25. The molecular formula is C21H25Cl2N5O2. The number of H-pyrrole nitrogens is 1. The number of aromatic nitrogens is 4. The maximum absolute atomic E-state index is 12.6. The summed E-state index contributed by atoms with van der Waals surface area (Å²) in [6.45, 7) is 6.77. The van der Waals surface area contributed by atoms with E-state index in [0.29, 0.717) is 46.5 Å². The Bertz CT molecular complexity index is 1120. The van der Waals surface area contributed by atoms with Gasteiger partial charge in [-0.05, 0) is 30.5 Å². The van der Waals surface area contributed by atoms with Crippen LogP contribution in [0, 0.1) is 5.41 Å². The molecular weight excluding hydrogens is 425 g/mol. The van der Waals surface area contributed by atoms with E-state index in [1.54, 1.807) is 23.0 Å². The average Bonchev–Trinajstić information content (AvgIpc) is 3.11. The van der Waals surface area contributed by atoms with Crippen molar-refractivity contribution in [2.45, 2.75) is 53.1 Å². The zero-order valence-corrected chi connectivity index (χ0v) is 18.8. The number of aryl methyl sites for hydroxylation is 1. The highest BCUT2D eigenvalue weighted by molar-refractivity contribution is 6.42. The molecule has 0 radical (unpaired) electrons. The SMILES string of the molecule is CCC(=O)C(C)(C)CCCn1ncc2nc(NCc3ccc(Cl)c(Cl)c3)[nH]c(=O)c21. The van der Waals surface area contributed by atoms with Crippen molar-refractivity contribution >= 4 is 46.0 Å². The molecule has 0 unspecified atom stereocenters. The zero-order valence-electron chi connectivity index (χ0n) is 17.3. The number of halogens is 2. The monoisotopic (exact) mass is 449 g/mol. The van der Waals surface area contributed by atoms with Gasteiger partial charge in [-0.15, -0.1) is 0 Å². The number of anilines is 1. The Morgan fingerprint density at radius 3 is 2.73 bits per heavy atom. The van der Waals surface area contributed by atoms with Crippen LogP contribution in [-0.4, -0.2) is 25.5 Å². The summed E-state index contributed by atoms with van der Waals surface area (Å²) >= 11 is 12.0. The first kappa shape index (κ1) is 22.3. The van der Waals surface area contributed by atoms with Gasteiger partial charge in [0.15, 0.2) is 5.52 Å². The van der Waals surface area contributed by atoms with E-state index in [0.717, 1.165) is 18.4 Å². The number of nitrogens with one attached hydrogen (secondary N) is 2. The van der Waals surface area contributed by atoms with Gasteiger partial charge >= 0.3 is 0 Å². The summed E-state index contributed by atoms with van der Waals surface area (Å²) in [6, 6.07) is 5.33. The lowest BCUT2D eigenvalue weighted by Gasteiger charge is -2.22. The molecule has 1 aromatic carbocycles. The predicted octanol–water partition coefficient (Wildman–Crippen LogP) is 4.82. The van der Waals surface area contributed by atoms with Crippen molar-refractivity contribution in [2.24, 2.45) is 5.41 Å². The van der Waals surface area contributed by atoms with Crippen molar-refractivity contribution in [3.63, 3.8) is 0 Å². The molecule has 0 amide bonds. The van der Waals surface area contributed by atoms with Gasteiger partial charge in [-0.25, -0.2) is 4.98 Å². The summed E-state index contributed by atoms with van der Waals surface area (Å²) in [5.74, 6) is 0.595. The number of hydrogen-bond acceptors (Lipinski definition) is 5. The van der Waals surface area contributed by atoms with Gasteiger partial charge in [0.25, 0.3) is 5.56 Å². The first-order valence-electron chi connectivity index (χ1n) is 9.88. The molecule has 7 nitrogen and oxygen atoms in total. The maximum atomic E-state index is 12.6. The van der Waals surface area contributed by atoms with E-state index >= 15 is 0 Å². The zero-order chi connectivity index (χ0) is 21.9. The molecule has 2 N–H and O–H groups in total. The van der Waals surface area contributed by atoms with Crippen LogP contribution in [0.2, 0.25) is 10.0 Å². The maximum Gasteiger partial charge on any atom is 0.278 e. The van der Waals surface area contributed by atoms with E-state index < -0.39 is 0 Å². The van der Waals surface area contributed by atoms with Crippen molar-refractivity contribution in [1.29, 1.82) is 0 Å². The lowest BCUT2D eigenvalue weighted by atomic mass is 9.82. The highest BCUT2D eigenvalue weighted by atomic mass is 35.5. The Morgan fingerprint density at radius 1 is 1.27 bits per heavy atom. The Balaban J connectivity index is 1.69. The molecule has 2 aromatic heterocycles. The predicted molar refractivity (Wildman–Crippen MR) is 120 cm³/mol. The van der Waals surface area contributed by atoms with Crippen LogP contribution in [0.15, 0.2) is 29.2 Å². The number of ketones is 1. The molecule has 9 heteroatoms. The number of rotatable bonds is 9. The minimum atomic E-state index is -0.371. The van der Waals surface area contributed by atoms with E-state index in [4.69, 9.17) is 23.2 Å². The highest BCUT2D eigenvalue weighted by Crippen LogP contribution is 2.26. The van der Waals surface area contributed by atoms with E-state index in [2.05, 4.69) is 20.4 Å². The number of carbonyl (C=O) groups excluding carboxylic acids is 1. The van der Waals surface area contributed by atoms with Crippen LogP contribution >= 0.6 is 23.2 Å². The summed E-state index contributed by atoms with van der Waals surface area (Å²) in [5.41, 5.74) is 1.21. The van der Waals surface area contributed by atoms with Crippen LogP contribution in [0.3, 0.4) is 0 Å². The summed E-state index contributed by atoms with van der Waals surface area (Å²) in [4.78, 5) is 31.8. The second-order valence-corrected chi connectivity index (χ2v) is 8.70. The molecule has 160 valence electrons. The van der Waals surface area contributed by atoms with Crippen LogP contribution in [0.4, 0.5) is 5.95 Å². The number of hydrogen-bond donors (Lipinski definition) is 2. The molecule has 0 bridgehead atoms. The summed E-state index contributed by atoms with van der Waals surface area (Å²) < 4.78 is 1.65. The third kappa shape index (κ3) is 5.02. The Kier molecular flexibility index (Phi) is 6.83. The number of aromatic amines is 1. The van der Waals surface area contributed by atoms with Gasteiger partial charge in [-0.1, -0.05) is 50.0 Å². The van der Waals surface area contributed by atoms with E-state index in [1.165, 1.54) is 0 Å². The third-order valence-electron chi connectivity index (χ3n) is 5.19. The number of nitrogens with zero attached hydrogens (tertiary/aromatic N) is 3. The molecule has 0 aliphatic carbocycles. The van der Waals surface area contributed by atoms with Crippen molar-refractivity contribution in [1.82, 2.24) is 19.7 Å². The van der Waals surface area contributed by atoms with E-state index in [1.807, 2.05) is 26.8 Å². The molecule has 0 saturated carbocycles. The first-order chi connectivity index (χ1) is 14.2. The fraction of sp³-hybridized carbons (Fsp3) is 0.429. The molecule has 30 heavy (non-hydrogen) atoms. The summed E-state index contributed by atoms with van der Waals surface area (Å²) in [7, 11) is 0. The Morgan fingerprint density at radius 2 is 2.03 bits per heavy atom. The Labute approximate surface area is 184 Å². The van der Waals surface area contributed by atoms with Gasteiger partial charge in [0.2, 0.25) is 5.95 Å². The second-order valence-electron chi connectivity index (χ2n) is 7.88. The van der Waals surface area contributed by atoms with Gasteiger partial charge in [0.05, 0.1) is 16.2 Å². The summed E-state index contributed by atoms with van der Waals surface area (Å²) in [6.07, 6.45) is 3.58. The molecule has 2 heterocycles. The Hall–Kier alpha value is -2.38. The van der Waals surface area contributed by atoms with Crippen molar-refractivity contribution in [2.75, 3.05) is 5.32 Å². The van der Waals surface area contributed by atoms with Crippen LogP contribution in [0.5, 0.6) is 0 Å². The van der Waals surface area contributed by atoms with Gasteiger partial charge in [-0.2, -0.15) is 5.10 Å². The first-order valence-corrected chi connectivity index (χ1v) is 10.6. The molecule has 0 aliphatic heterocycles. The molecule has 0 saturated heterocycles. The molecule has 0 spiro atoms. The third-order valence-corrected chi connectivity index (χ3v) is 5.93. The lowest BCUT2D eigenvalue weighted by molar-refractivity contribution is -0.127. The van der Waals surface area contributed by atoms with Gasteiger partial charge in [-0.3, -0.25) is 19.3 Å². The number of Topliss-reactive ketones (excluding diaryl/α,β-unsaturated/α-hetero) is 1. The molecule has 0 atom stereocenters. The van der Waals surface area contributed by atoms with Gasteiger partial charge in [0.1, 0.15) is 11.3 Å². The smallest absolute Gasteiger partial charge is 0.278 e. The average molecular weight is 450 g/mol. The van der Waals surface area contributed by atoms with Crippen molar-refractivity contribution < 1.29 is 4.79 Å². The van der Waals surface area contributed by atoms with Gasteiger partial charge in [0, 0.05) is 24.9 Å². The van der Waals surface area contributed by atoms with Crippen LogP contribution in [-0.2, 0) is 17.9 Å². The molecule has 0 fully saturated rings. The van der Waals surface area contributed by atoms with Crippen LogP contribution < -0.4 is 10.9 Å². The quantitative estimate of drug-likeness (QED) is 0.488. The van der Waals surface area contributed by atoms with Gasteiger partial charge < -0.3 is 5.32 Å². The number of benzene rings is 1. The molecule has 3 rings (SSSR count). The topological polar surface area (TPSA) is 92.7 Å². The van der Waals surface area contributed by atoms with Crippen LogP contribution in [0.25, 0.3) is 11.0 Å². The number of fused-ring (bicyclic) bond motifs is 1. The van der Waals surface area contributed by atoms with E-state index in [9.17, 15) is 9.59 Å². The molecule has 0 aliphatic rings. The lowest BCUT2D eigenvalue weighted by Crippen LogP contribution is -2.24. The largest absolute Gasteiger partial charge is 0.352 e. The number of carbonyl (C=O) groups is 1. The van der Waals surface area contributed by atoms with Crippen molar-refractivity contribution in [3.05, 3.63) is 50.4 Å². The normalized spacial score (nSPS) is 11.8. The fourth-order valence-electron chi connectivity index (χ4n) is 3.38. The minimum absolute atomic E-state index is 0.241. The summed E-state index contributed by atoms with van der Waals surface area (Å²) in [5, 5.41) is 8.36. The van der Waals surface area contributed by atoms with Crippen LogP contribution in [0.1, 0.15) is 45.6 Å². The minimum Gasteiger partial charge on any atom is -0.352 e. The standard InChI is InChI=1S/C21H25Cl2N5O2/c1-4-17(29)21(2,3)8-5-9-28-18-16(12-25-28)26-20(27-19(18)30)24-11-13-6-7-14(22)15(23)10-13/h6-7,10,12H,4-5,8-9,11H2,1-3H3,(H2,24,26,27,30). The second kappa shape index (κ2) is 9.18.